The average Bonchev–Trinajstić information content (AvgIpc) is 3.43. The maximum absolute atomic E-state index is 14.3. The molecule has 0 radical (unpaired) electrons. The number of hydrogen-bond donors (Lipinski definition) is 3. The van der Waals surface area contributed by atoms with Crippen molar-refractivity contribution in [1.29, 1.82) is 0 Å². The van der Waals surface area contributed by atoms with E-state index in [1.165, 1.54) is 16.7 Å². The number of fused-ring (bicyclic) bond motifs is 3. The van der Waals surface area contributed by atoms with Crippen molar-refractivity contribution in [3.63, 3.8) is 0 Å². The van der Waals surface area contributed by atoms with Gasteiger partial charge in [-0.05, 0) is 91.3 Å². The van der Waals surface area contributed by atoms with E-state index in [0.717, 1.165) is 91.0 Å². The molecular weight excluding hydrogens is 1010 g/mol. The monoisotopic (exact) mass is 1080 g/mol. The molecule has 0 unspecified atom stereocenters. The minimum atomic E-state index is -4.06. The van der Waals surface area contributed by atoms with Crippen molar-refractivity contribution >= 4 is 56.2 Å². The number of thioether (sulfide) groups is 1. The summed E-state index contributed by atoms with van der Waals surface area (Å²) >= 11 is 1.35. The highest BCUT2D eigenvalue weighted by molar-refractivity contribution is 8.00. The Morgan fingerprint density at radius 2 is 1.43 bits per heavy atom. The number of nitrogens with one attached hydrogen (secondary N) is 2. The highest BCUT2D eigenvalue weighted by Gasteiger charge is 2.54. The van der Waals surface area contributed by atoms with Gasteiger partial charge >= 0.3 is 5.97 Å². The Bertz CT molecular complexity index is 3430. The first kappa shape index (κ1) is 54.4. The number of amides is 2. The van der Waals surface area contributed by atoms with Gasteiger partial charge in [-0.3, -0.25) is 24.0 Å². The number of carbonyl (C=O) groups is 3. The number of rotatable bonds is 25. The minimum Gasteiger partial charge on any atom is -0.489 e. The quantitative estimate of drug-likeness (QED) is 0.0281. The molecule has 2 amide bonds. The van der Waals surface area contributed by atoms with E-state index >= 15 is 0 Å². The molecule has 0 aromatic heterocycles. The Morgan fingerprint density at radius 3 is 2.12 bits per heavy atom. The molecule has 13 nitrogen and oxygen atoms in total. The summed E-state index contributed by atoms with van der Waals surface area (Å²) in [7, 11) is -4.06. The molecule has 0 spiro atoms. The number of hydrogen-bond acceptors (Lipinski definition) is 10. The Kier molecular flexibility index (Phi) is 17.5. The SMILES string of the molecule is CCCCCCc1cc2c(-c3cc(C)ccc3NS(=O)(=O)Cc3ccc(OCC4=C(C(=O)O)N5C(=O)[C@@H](NC(=O)Cc6ccccc6)[C@H]5SC4)cc3)c3cc(CCCCCC)c(=O)cc-3oc2cc1OCc1ccccc1. The number of ether oxygens (including phenoxy) is 2. The topological polar surface area (TPSA) is 182 Å². The van der Waals surface area contributed by atoms with Gasteiger partial charge in [0, 0.05) is 51.1 Å². The third kappa shape index (κ3) is 13.1. The minimum absolute atomic E-state index is 0.0954. The largest absolute Gasteiger partial charge is 0.489 e. The zero-order valence-corrected chi connectivity index (χ0v) is 45.4. The maximum Gasteiger partial charge on any atom is 0.352 e. The Labute approximate surface area is 454 Å². The summed E-state index contributed by atoms with van der Waals surface area (Å²) < 4.78 is 50.8. The van der Waals surface area contributed by atoms with Crippen LogP contribution in [0.1, 0.15) is 98.6 Å². The number of benzene rings is 6. The molecule has 1 aliphatic carbocycles. The number of sulfonamides is 1. The first-order valence-corrected chi connectivity index (χ1v) is 29.3. The Balaban J connectivity index is 0.970. The zero-order valence-electron chi connectivity index (χ0n) is 43.8. The molecule has 9 rings (SSSR count). The van der Waals surface area contributed by atoms with Crippen LogP contribution in [-0.2, 0) is 56.0 Å². The lowest BCUT2D eigenvalue weighted by atomic mass is 9.89. The molecule has 1 saturated heterocycles. The van der Waals surface area contributed by atoms with Crippen LogP contribution in [0.3, 0.4) is 0 Å². The first-order valence-electron chi connectivity index (χ1n) is 26.6. The van der Waals surface area contributed by atoms with E-state index in [-0.39, 0.29) is 41.6 Å². The van der Waals surface area contributed by atoms with Gasteiger partial charge in [-0.1, -0.05) is 137 Å². The standard InChI is InChI=1S/C62H65N3O10S2/c1-4-6-8-16-22-44-32-49-54(34-52(44)66)75-55-35-53(74-36-42-20-14-11-15-21-42)45(23-17-9-7-5-2)33-50(55)57(49)48-30-40(3)24-29-51(48)64-77(71,72)39-43-25-27-47(28-26-43)73-37-46-38-76-61-58(60(68)65(61)59(46)62(69)70)63-56(67)31-41-18-12-10-13-19-41/h10-15,18-21,24-30,32-35,58,61,64H,4-9,16-17,22-23,31,36-39H2,1-3H3,(H,63,67)(H,69,70)/t58-,61-/m1/s1. The number of anilines is 1. The van der Waals surface area contributed by atoms with Crippen LogP contribution in [0.15, 0.2) is 148 Å². The molecule has 0 saturated carbocycles. The highest BCUT2D eigenvalue weighted by atomic mass is 32.2. The van der Waals surface area contributed by atoms with Crippen LogP contribution in [0.2, 0.25) is 0 Å². The van der Waals surface area contributed by atoms with Gasteiger partial charge in [-0.2, -0.15) is 0 Å². The number of unbranched alkanes of at least 4 members (excludes halogenated alkanes) is 6. The predicted octanol–water partition coefficient (Wildman–Crippen LogP) is 12.0. The third-order valence-corrected chi connectivity index (χ3v) is 16.7. The van der Waals surface area contributed by atoms with Crippen molar-refractivity contribution in [2.75, 3.05) is 17.1 Å². The average molecular weight is 1080 g/mol. The van der Waals surface area contributed by atoms with Gasteiger partial charge in [0.2, 0.25) is 15.9 Å². The molecule has 0 bridgehead atoms. The molecule has 3 heterocycles. The molecule has 5 aromatic rings. The molecule has 1 fully saturated rings. The summed E-state index contributed by atoms with van der Waals surface area (Å²) in [6.07, 6.45) is 9.70. The second kappa shape index (κ2) is 24.8. The fourth-order valence-corrected chi connectivity index (χ4v) is 12.6. The second-order valence-corrected chi connectivity index (χ2v) is 22.8. The number of aryl methyl sites for hydroxylation is 3. The lowest BCUT2D eigenvalue weighted by Gasteiger charge is -2.49. The number of carboxylic acids is 1. The fraction of sp³-hybridized carbons (Fsp3) is 0.323. The van der Waals surface area contributed by atoms with Crippen molar-refractivity contribution < 1.29 is 41.8 Å². The van der Waals surface area contributed by atoms with Crippen LogP contribution in [0.4, 0.5) is 5.69 Å². The van der Waals surface area contributed by atoms with Crippen LogP contribution >= 0.6 is 11.8 Å². The predicted molar refractivity (Wildman–Crippen MR) is 304 cm³/mol. The van der Waals surface area contributed by atoms with E-state index in [0.29, 0.717) is 69.4 Å². The molecule has 3 N–H and O–H groups in total. The molecular formula is C62H65N3O10S2. The molecule has 400 valence electrons. The summed E-state index contributed by atoms with van der Waals surface area (Å²) in [6.45, 7) is 6.54. The van der Waals surface area contributed by atoms with Gasteiger partial charge < -0.3 is 24.3 Å². The van der Waals surface area contributed by atoms with Crippen LogP contribution < -0.4 is 24.9 Å². The lowest BCUT2D eigenvalue weighted by molar-refractivity contribution is -0.150. The van der Waals surface area contributed by atoms with E-state index in [1.54, 1.807) is 36.4 Å². The van der Waals surface area contributed by atoms with E-state index in [2.05, 4.69) is 30.0 Å². The van der Waals surface area contributed by atoms with E-state index in [4.69, 9.17) is 13.9 Å². The summed E-state index contributed by atoms with van der Waals surface area (Å²) in [5, 5.41) is 13.2. The number of nitrogens with zero attached hydrogens (tertiary/aromatic N) is 1. The van der Waals surface area contributed by atoms with Crippen molar-refractivity contribution in [2.45, 2.75) is 115 Å². The molecule has 4 aliphatic rings. The Hall–Kier alpha value is -7.36. The summed E-state index contributed by atoms with van der Waals surface area (Å²) in [6, 6.07) is 38.0. The van der Waals surface area contributed by atoms with Gasteiger partial charge in [-0.15, -0.1) is 11.8 Å². The van der Waals surface area contributed by atoms with Crippen molar-refractivity contribution in [3.05, 3.63) is 182 Å². The maximum atomic E-state index is 14.3. The smallest absolute Gasteiger partial charge is 0.352 e. The number of carbonyl (C=O) groups excluding carboxylic acids is 2. The highest BCUT2D eigenvalue weighted by Crippen LogP contribution is 2.46. The van der Waals surface area contributed by atoms with Gasteiger partial charge in [0.1, 0.15) is 53.2 Å². The fourth-order valence-electron chi connectivity index (χ4n) is 10.1. The molecule has 15 heteroatoms. The summed E-state index contributed by atoms with van der Waals surface area (Å²) in [5.74, 6) is -0.752. The molecule has 3 aliphatic heterocycles. The van der Waals surface area contributed by atoms with Gasteiger partial charge in [-0.25, -0.2) is 13.2 Å². The van der Waals surface area contributed by atoms with E-state index in [1.807, 2.05) is 91.9 Å². The first-order chi connectivity index (χ1) is 37.3. The summed E-state index contributed by atoms with van der Waals surface area (Å²) in [5.41, 5.74) is 7.99. The van der Waals surface area contributed by atoms with Crippen LogP contribution in [0, 0.1) is 6.92 Å². The van der Waals surface area contributed by atoms with Crippen LogP contribution in [0.25, 0.3) is 33.4 Å². The lowest BCUT2D eigenvalue weighted by Crippen LogP contribution is -2.70. The van der Waals surface area contributed by atoms with Crippen LogP contribution in [-0.4, -0.2) is 60.0 Å². The third-order valence-electron chi connectivity index (χ3n) is 14.1. The van der Waals surface area contributed by atoms with Gasteiger partial charge in [0.05, 0.1) is 17.9 Å². The summed E-state index contributed by atoms with van der Waals surface area (Å²) in [4.78, 5) is 53.6. The molecule has 77 heavy (non-hydrogen) atoms. The van der Waals surface area contributed by atoms with Crippen molar-refractivity contribution in [3.8, 4) is 33.9 Å². The number of β-lactam (4-membered cyclic amide) rings is 1. The van der Waals surface area contributed by atoms with Gasteiger partial charge in [0.15, 0.2) is 5.43 Å². The van der Waals surface area contributed by atoms with E-state index in [9.17, 15) is 32.7 Å². The second-order valence-electron chi connectivity index (χ2n) is 20.0. The zero-order chi connectivity index (χ0) is 54.1. The van der Waals surface area contributed by atoms with Crippen molar-refractivity contribution in [1.82, 2.24) is 10.2 Å². The normalized spacial score (nSPS) is 15.3. The number of carboxylic acid groups (broad SMARTS) is 1. The molecule has 5 aromatic carbocycles. The number of aliphatic carboxylic acids is 1. The molecule has 2 atom stereocenters. The van der Waals surface area contributed by atoms with Gasteiger partial charge in [0.25, 0.3) is 5.91 Å². The Morgan fingerprint density at radius 1 is 0.740 bits per heavy atom. The van der Waals surface area contributed by atoms with Crippen molar-refractivity contribution in [2.24, 2.45) is 0 Å². The van der Waals surface area contributed by atoms with E-state index < -0.39 is 33.3 Å². The van der Waals surface area contributed by atoms with Crippen LogP contribution in [0.5, 0.6) is 11.5 Å².